The molecule has 0 aliphatic heterocycles. The highest BCUT2D eigenvalue weighted by Gasteiger charge is 2.05. The third-order valence-corrected chi connectivity index (χ3v) is 4.06. The molecule has 3 aromatic rings. The summed E-state index contributed by atoms with van der Waals surface area (Å²) in [6.45, 7) is 3.91. The number of nitrogens with one attached hydrogen (secondary N) is 3. The first-order valence-corrected chi connectivity index (χ1v) is 9.35. The van der Waals surface area contributed by atoms with Gasteiger partial charge in [0, 0.05) is 31.7 Å². The highest BCUT2D eigenvalue weighted by molar-refractivity contribution is 14.0. The Morgan fingerprint density at radius 1 is 1.20 bits per heavy atom. The summed E-state index contributed by atoms with van der Waals surface area (Å²) in [6, 6.07) is 9.42. The summed E-state index contributed by atoms with van der Waals surface area (Å²) in [5, 5.41) is 17.4. The summed E-state index contributed by atoms with van der Waals surface area (Å²) >= 11 is 0. The molecule has 2 heterocycles. The molecule has 0 radical (unpaired) electrons. The van der Waals surface area contributed by atoms with Gasteiger partial charge in [-0.25, -0.2) is 9.98 Å². The van der Waals surface area contributed by atoms with Crippen molar-refractivity contribution in [3.63, 3.8) is 0 Å². The Kier molecular flexibility index (Phi) is 9.25. The lowest BCUT2D eigenvalue weighted by molar-refractivity contribution is -0.116. The summed E-state index contributed by atoms with van der Waals surface area (Å²) in [5.41, 5.74) is 1.71. The molecular weight excluding hydrogens is 497 g/mol. The quantitative estimate of drug-likeness (QED) is 0.235. The van der Waals surface area contributed by atoms with Crippen LogP contribution in [-0.2, 0) is 31.5 Å². The minimum atomic E-state index is -0.131. The summed E-state index contributed by atoms with van der Waals surface area (Å²) in [4.78, 5) is 20.9. The summed E-state index contributed by atoms with van der Waals surface area (Å²) in [6.07, 6.45) is 4.92. The van der Waals surface area contributed by atoms with Crippen molar-refractivity contribution in [2.45, 2.75) is 26.6 Å². The van der Waals surface area contributed by atoms with Crippen molar-refractivity contribution in [1.82, 2.24) is 35.2 Å². The Bertz CT molecular complexity index is 953. The number of benzene rings is 1. The van der Waals surface area contributed by atoms with Crippen LogP contribution in [0.4, 0.5) is 5.69 Å². The van der Waals surface area contributed by atoms with Gasteiger partial charge in [-0.05, 0) is 30.7 Å². The third kappa shape index (κ3) is 7.13. The van der Waals surface area contributed by atoms with E-state index in [0.717, 1.165) is 23.6 Å². The smallest absolute Gasteiger partial charge is 0.246 e. The number of rotatable bonds is 8. The van der Waals surface area contributed by atoms with E-state index in [1.54, 1.807) is 27.8 Å². The number of anilines is 1. The van der Waals surface area contributed by atoms with E-state index in [-0.39, 0.29) is 36.4 Å². The Balaban J connectivity index is 0.00000320. The number of guanidine groups is 1. The molecule has 0 saturated heterocycles. The van der Waals surface area contributed by atoms with Crippen molar-refractivity contribution in [2.75, 3.05) is 11.9 Å². The molecule has 0 fully saturated rings. The van der Waals surface area contributed by atoms with Crippen molar-refractivity contribution in [3.05, 3.63) is 60.4 Å². The second-order valence-corrected chi connectivity index (χ2v) is 6.30. The van der Waals surface area contributed by atoms with Crippen LogP contribution >= 0.6 is 24.0 Å². The number of halogens is 1. The fourth-order valence-electron chi connectivity index (χ4n) is 2.64. The Morgan fingerprint density at radius 2 is 2.07 bits per heavy atom. The first-order chi connectivity index (χ1) is 14.1. The van der Waals surface area contributed by atoms with Gasteiger partial charge < -0.3 is 16.0 Å². The predicted octanol–water partition coefficient (Wildman–Crippen LogP) is 1.52. The van der Waals surface area contributed by atoms with Crippen molar-refractivity contribution >= 4 is 41.5 Å². The molecular formula is C19H26IN9O. The van der Waals surface area contributed by atoms with Crippen molar-refractivity contribution in [1.29, 1.82) is 0 Å². The van der Waals surface area contributed by atoms with E-state index in [1.165, 1.54) is 6.33 Å². The molecule has 0 saturated carbocycles. The highest BCUT2D eigenvalue weighted by Crippen LogP contribution is 2.12. The maximum Gasteiger partial charge on any atom is 0.246 e. The zero-order valence-electron chi connectivity index (χ0n) is 16.9. The van der Waals surface area contributed by atoms with Crippen molar-refractivity contribution in [3.8, 4) is 0 Å². The van der Waals surface area contributed by atoms with Crippen LogP contribution in [0.5, 0.6) is 0 Å². The zero-order valence-corrected chi connectivity index (χ0v) is 19.3. The molecule has 3 N–H and O–H groups in total. The average molecular weight is 523 g/mol. The predicted molar refractivity (Wildman–Crippen MR) is 125 cm³/mol. The summed E-state index contributed by atoms with van der Waals surface area (Å²) < 4.78 is 3.29. The minimum Gasteiger partial charge on any atom is -0.357 e. The van der Waals surface area contributed by atoms with Gasteiger partial charge in [-0.1, -0.05) is 12.1 Å². The molecule has 0 atom stereocenters. The van der Waals surface area contributed by atoms with Crippen LogP contribution < -0.4 is 16.0 Å². The molecule has 2 aromatic heterocycles. The van der Waals surface area contributed by atoms with E-state index < -0.39 is 0 Å². The van der Waals surface area contributed by atoms with Gasteiger partial charge in [0.1, 0.15) is 18.7 Å². The lowest BCUT2D eigenvalue weighted by Crippen LogP contribution is -2.37. The Morgan fingerprint density at radius 3 is 2.77 bits per heavy atom. The van der Waals surface area contributed by atoms with Crippen LogP contribution in [0, 0.1) is 0 Å². The molecule has 30 heavy (non-hydrogen) atoms. The van der Waals surface area contributed by atoms with Gasteiger partial charge in [0.25, 0.3) is 0 Å². The summed E-state index contributed by atoms with van der Waals surface area (Å²) in [5.74, 6) is 1.37. The first kappa shape index (κ1) is 23.3. The largest absolute Gasteiger partial charge is 0.357 e. The molecule has 0 spiro atoms. The molecule has 160 valence electrons. The van der Waals surface area contributed by atoms with E-state index >= 15 is 0 Å². The Labute approximate surface area is 192 Å². The van der Waals surface area contributed by atoms with Crippen molar-refractivity contribution < 1.29 is 4.79 Å². The second kappa shape index (κ2) is 11.9. The standard InChI is InChI=1S/C19H25N9O.HI/c1-3-20-19(22-12-17-23-14-25-27(17)2)21-11-15-6-4-7-16(10-15)26-18(29)13-28-9-5-8-24-28;/h4-10,14H,3,11-13H2,1-2H3,(H,26,29)(H2,20,21,22);1H. The van der Waals surface area contributed by atoms with Crippen LogP contribution in [0.2, 0.25) is 0 Å². The van der Waals surface area contributed by atoms with Crippen LogP contribution in [0.3, 0.4) is 0 Å². The number of carbonyl (C=O) groups is 1. The molecule has 10 nitrogen and oxygen atoms in total. The molecule has 0 unspecified atom stereocenters. The fraction of sp³-hybridized carbons (Fsp3) is 0.316. The monoisotopic (exact) mass is 523 g/mol. The van der Waals surface area contributed by atoms with Crippen LogP contribution in [0.15, 0.2) is 54.0 Å². The van der Waals surface area contributed by atoms with Gasteiger partial charge in [-0.3, -0.25) is 14.2 Å². The number of amides is 1. The summed E-state index contributed by atoms with van der Waals surface area (Å²) in [7, 11) is 1.85. The van der Waals surface area contributed by atoms with Gasteiger partial charge in [-0.2, -0.15) is 10.2 Å². The molecule has 3 rings (SSSR count). The number of hydrogen-bond acceptors (Lipinski definition) is 5. The number of nitrogens with zero attached hydrogens (tertiary/aromatic N) is 6. The number of carbonyl (C=O) groups excluding carboxylic acids is 1. The maximum absolute atomic E-state index is 12.1. The van der Waals surface area contributed by atoms with E-state index in [1.807, 2.05) is 38.2 Å². The number of aromatic nitrogens is 5. The van der Waals surface area contributed by atoms with Crippen LogP contribution in [0.25, 0.3) is 0 Å². The van der Waals surface area contributed by atoms with E-state index in [4.69, 9.17) is 0 Å². The number of aliphatic imine (C=N–C) groups is 1. The number of aryl methyl sites for hydroxylation is 1. The molecule has 0 bridgehead atoms. The minimum absolute atomic E-state index is 0. The lowest BCUT2D eigenvalue weighted by atomic mass is 10.2. The second-order valence-electron chi connectivity index (χ2n) is 6.30. The van der Waals surface area contributed by atoms with Crippen LogP contribution in [-0.4, -0.2) is 43.0 Å². The van der Waals surface area contributed by atoms with Gasteiger partial charge in [0.2, 0.25) is 5.91 Å². The third-order valence-electron chi connectivity index (χ3n) is 4.06. The topological polar surface area (TPSA) is 114 Å². The van der Waals surface area contributed by atoms with Gasteiger partial charge in [0.15, 0.2) is 5.96 Å². The maximum atomic E-state index is 12.1. The van der Waals surface area contributed by atoms with Gasteiger partial charge in [-0.15, -0.1) is 24.0 Å². The normalized spacial score (nSPS) is 10.9. The fourth-order valence-corrected chi connectivity index (χ4v) is 2.64. The SMILES string of the molecule is CCNC(=NCc1cccc(NC(=O)Cn2cccn2)c1)NCc1ncnn1C.I. The number of hydrogen-bond donors (Lipinski definition) is 3. The van der Waals surface area contributed by atoms with Crippen LogP contribution in [0.1, 0.15) is 18.3 Å². The van der Waals surface area contributed by atoms with E-state index in [0.29, 0.717) is 19.0 Å². The molecule has 0 aliphatic rings. The average Bonchev–Trinajstić information content (AvgIpc) is 3.36. The zero-order chi connectivity index (χ0) is 20.5. The molecule has 0 aliphatic carbocycles. The molecule has 11 heteroatoms. The first-order valence-electron chi connectivity index (χ1n) is 9.35. The highest BCUT2D eigenvalue weighted by atomic mass is 127. The van der Waals surface area contributed by atoms with E-state index in [2.05, 4.69) is 36.1 Å². The Hall–Kier alpha value is -2.96. The lowest BCUT2D eigenvalue weighted by Gasteiger charge is -2.11. The molecule has 1 aromatic carbocycles. The van der Waals surface area contributed by atoms with Gasteiger partial charge >= 0.3 is 0 Å². The van der Waals surface area contributed by atoms with E-state index in [9.17, 15) is 4.79 Å². The van der Waals surface area contributed by atoms with Gasteiger partial charge in [0.05, 0.1) is 13.1 Å². The van der Waals surface area contributed by atoms with Crippen molar-refractivity contribution in [2.24, 2.45) is 12.0 Å². The molecule has 1 amide bonds.